The fourth-order valence-electron chi connectivity index (χ4n) is 2.13. The van der Waals surface area contributed by atoms with Gasteiger partial charge in [-0.25, -0.2) is 0 Å². The van der Waals surface area contributed by atoms with E-state index in [0.717, 1.165) is 13.0 Å². The van der Waals surface area contributed by atoms with E-state index in [1.807, 2.05) is 0 Å². The second-order valence-corrected chi connectivity index (χ2v) is 3.66. The predicted octanol–water partition coefficient (Wildman–Crippen LogP) is 1.24. The number of aliphatic hydroxyl groups excluding tert-OH is 1. The Morgan fingerprint density at radius 2 is 2.17 bits per heavy atom. The van der Waals surface area contributed by atoms with Gasteiger partial charge in [0.25, 0.3) is 0 Å². The van der Waals surface area contributed by atoms with Crippen LogP contribution >= 0.6 is 0 Å². The summed E-state index contributed by atoms with van der Waals surface area (Å²) in [5.41, 5.74) is 0.134. The first-order valence-electron chi connectivity index (χ1n) is 4.57. The summed E-state index contributed by atoms with van der Waals surface area (Å²) in [6.07, 6.45) is 4.73. The summed E-state index contributed by atoms with van der Waals surface area (Å²) < 4.78 is 0. The molecule has 2 nitrogen and oxygen atoms in total. The number of likely N-dealkylation sites (tertiary alicyclic amines) is 1. The van der Waals surface area contributed by atoms with Gasteiger partial charge in [-0.1, -0.05) is 13.3 Å². The monoisotopic (exact) mass is 246 g/mol. The van der Waals surface area contributed by atoms with E-state index in [4.69, 9.17) is 0 Å². The molecule has 0 aromatic heterocycles. The van der Waals surface area contributed by atoms with E-state index in [2.05, 4.69) is 18.9 Å². The van der Waals surface area contributed by atoms with Crippen LogP contribution in [0.5, 0.6) is 0 Å². The molecule has 12 heavy (non-hydrogen) atoms. The Morgan fingerprint density at radius 3 is 2.50 bits per heavy atom. The van der Waals surface area contributed by atoms with Crippen molar-refractivity contribution in [1.29, 1.82) is 0 Å². The van der Waals surface area contributed by atoms with E-state index < -0.39 is 0 Å². The molecule has 1 fully saturated rings. The first kappa shape index (κ1) is 13.0. The first-order valence-corrected chi connectivity index (χ1v) is 4.57. The summed E-state index contributed by atoms with van der Waals surface area (Å²) in [6, 6.07) is 0. The molecule has 3 heteroatoms. The van der Waals surface area contributed by atoms with Crippen molar-refractivity contribution in [3.05, 3.63) is 0 Å². The SMILES string of the molecule is CCCC1(CO)CCCN1C.[Y]. The molecule has 1 aliphatic heterocycles. The average molecular weight is 246 g/mol. The minimum Gasteiger partial charge on any atom is -0.394 e. The third-order valence-electron chi connectivity index (χ3n) is 2.96. The molecule has 69 valence electrons. The molecule has 1 heterocycles. The summed E-state index contributed by atoms with van der Waals surface area (Å²) in [4.78, 5) is 2.32. The van der Waals surface area contributed by atoms with Gasteiger partial charge in [0.05, 0.1) is 6.61 Å². The summed E-state index contributed by atoms with van der Waals surface area (Å²) >= 11 is 0. The number of aliphatic hydroxyl groups is 1. The summed E-state index contributed by atoms with van der Waals surface area (Å²) in [7, 11) is 2.12. The molecule has 1 atom stereocenters. The quantitative estimate of drug-likeness (QED) is 0.809. The number of hydrogen-bond donors (Lipinski definition) is 1. The Balaban J connectivity index is 0.00000121. The van der Waals surface area contributed by atoms with Crippen molar-refractivity contribution in [1.82, 2.24) is 4.90 Å². The van der Waals surface area contributed by atoms with Crippen molar-refractivity contribution in [3.8, 4) is 0 Å². The largest absolute Gasteiger partial charge is 0.394 e. The molecule has 0 amide bonds. The second kappa shape index (κ2) is 5.69. The fourth-order valence-corrected chi connectivity index (χ4v) is 2.13. The second-order valence-electron chi connectivity index (χ2n) is 3.66. The molecule has 0 saturated carbocycles. The van der Waals surface area contributed by atoms with Gasteiger partial charge >= 0.3 is 0 Å². The number of rotatable bonds is 3. The van der Waals surface area contributed by atoms with Gasteiger partial charge in [0.1, 0.15) is 0 Å². The van der Waals surface area contributed by atoms with Gasteiger partial charge in [-0.05, 0) is 32.9 Å². The van der Waals surface area contributed by atoms with E-state index in [0.29, 0.717) is 6.61 Å². The van der Waals surface area contributed by atoms with Gasteiger partial charge in [-0.2, -0.15) is 0 Å². The van der Waals surface area contributed by atoms with Crippen LogP contribution < -0.4 is 0 Å². The zero-order chi connectivity index (χ0) is 8.32. The maximum absolute atomic E-state index is 9.28. The van der Waals surface area contributed by atoms with Crippen LogP contribution in [0.15, 0.2) is 0 Å². The molecular weight excluding hydrogens is 227 g/mol. The van der Waals surface area contributed by atoms with Gasteiger partial charge in [0, 0.05) is 38.2 Å². The minimum atomic E-state index is 0. The van der Waals surface area contributed by atoms with Crippen LogP contribution in [-0.2, 0) is 32.7 Å². The summed E-state index contributed by atoms with van der Waals surface area (Å²) in [5, 5.41) is 9.28. The van der Waals surface area contributed by atoms with Crippen LogP contribution in [-0.4, -0.2) is 35.7 Å². The zero-order valence-electron chi connectivity index (χ0n) is 8.21. The summed E-state index contributed by atoms with van der Waals surface area (Å²) in [5.74, 6) is 0. The molecule has 0 aliphatic carbocycles. The molecular formula is C9H19NOY. The molecule has 1 saturated heterocycles. The standard InChI is InChI=1S/C9H19NO.Y/c1-3-5-9(8-11)6-4-7-10(9)2;/h11H,3-8H2,1-2H3;. The van der Waals surface area contributed by atoms with E-state index >= 15 is 0 Å². The van der Waals surface area contributed by atoms with Gasteiger partial charge in [-0.15, -0.1) is 0 Å². The van der Waals surface area contributed by atoms with E-state index in [-0.39, 0.29) is 38.2 Å². The fraction of sp³-hybridized carbons (Fsp3) is 1.00. The van der Waals surface area contributed by atoms with Gasteiger partial charge in [0.2, 0.25) is 0 Å². The maximum atomic E-state index is 9.28. The van der Waals surface area contributed by atoms with Gasteiger partial charge in [-0.3, -0.25) is 4.90 Å². The van der Waals surface area contributed by atoms with Crippen LogP contribution in [0.4, 0.5) is 0 Å². The molecule has 0 aromatic rings. The molecule has 1 radical (unpaired) electrons. The Morgan fingerprint density at radius 1 is 1.50 bits per heavy atom. The van der Waals surface area contributed by atoms with Crippen molar-refractivity contribution in [2.75, 3.05) is 20.2 Å². The number of likely N-dealkylation sites (N-methyl/N-ethyl adjacent to an activating group) is 1. The van der Waals surface area contributed by atoms with Gasteiger partial charge in [0.15, 0.2) is 0 Å². The van der Waals surface area contributed by atoms with E-state index in [1.54, 1.807) is 0 Å². The molecule has 1 aliphatic rings. The third kappa shape index (κ3) is 2.51. The molecule has 1 unspecified atom stereocenters. The van der Waals surface area contributed by atoms with Crippen LogP contribution in [0.25, 0.3) is 0 Å². The molecule has 1 rings (SSSR count). The summed E-state index contributed by atoms with van der Waals surface area (Å²) in [6.45, 7) is 3.67. The molecule has 0 bridgehead atoms. The van der Waals surface area contributed by atoms with Crippen molar-refractivity contribution in [2.24, 2.45) is 0 Å². The molecule has 0 spiro atoms. The Kier molecular flexibility index (Phi) is 6.18. The maximum Gasteiger partial charge on any atom is 0.0615 e. The third-order valence-corrected chi connectivity index (χ3v) is 2.96. The molecule has 1 N–H and O–H groups in total. The van der Waals surface area contributed by atoms with E-state index in [1.165, 1.54) is 19.3 Å². The van der Waals surface area contributed by atoms with Crippen LogP contribution in [0.3, 0.4) is 0 Å². The Hall–Kier alpha value is 1.02. The molecule has 0 aromatic carbocycles. The topological polar surface area (TPSA) is 23.5 Å². The van der Waals surface area contributed by atoms with Gasteiger partial charge < -0.3 is 5.11 Å². The predicted molar refractivity (Wildman–Crippen MR) is 46.6 cm³/mol. The Labute approximate surface area is 101 Å². The smallest absolute Gasteiger partial charge is 0.0615 e. The van der Waals surface area contributed by atoms with Crippen LogP contribution in [0.2, 0.25) is 0 Å². The number of hydrogen-bond acceptors (Lipinski definition) is 2. The van der Waals surface area contributed by atoms with Crippen LogP contribution in [0.1, 0.15) is 32.6 Å². The zero-order valence-corrected chi connectivity index (χ0v) is 11.1. The number of nitrogens with zero attached hydrogens (tertiary/aromatic N) is 1. The Bertz CT molecular complexity index is 132. The van der Waals surface area contributed by atoms with Crippen molar-refractivity contribution < 1.29 is 37.8 Å². The van der Waals surface area contributed by atoms with E-state index in [9.17, 15) is 5.11 Å². The minimum absolute atomic E-state index is 0. The van der Waals surface area contributed by atoms with Crippen molar-refractivity contribution in [3.63, 3.8) is 0 Å². The van der Waals surface area contributed by atoms with Crippen molar-refractivity contribution >= 4 is 0 Å². The first-order chi connectivity index (χ1) is 5.25. The normalized spacial score (nSPS) is 30.2. The van der Waals surface area contributed by atoms with Crippen LogP contribution in [0, 0.1) is 0 Å². The van der Waals surface area contributed by atoms with Crippen molar-refractivity contribution in [2.45, 2.75) is 38.1 Å². The average Bonchev–Trinajstić information content (AvgIpc) is 2.35.